The Hall–Kier alpha value is -1.62. The van der Waals surface area contributed by atoms with E-state index in [9.17, 15) is 9.18 Å². The molecular weight excluding hydrogens is 211 g/mol. The maximum absolute atomic E-state index is 13.3. The molecule has 0 saturated heterocycles. The van der Waals surface area contributed by atoms with Crippen molar-refractivity contribution in [3.63, 3.8) is 0 Å². The Bertz CT molecular complexity index is 349. The van der Waals surface area contributed by atoms with Crippen LogP contribution in [0.4, 0.5) is 10.1 Å². The SMILES string of the molecule is CCOC(=O)CNCc1c(N)cccc1F. The highest BCUT2D eigenvalue weighted by molar-refractivity contribution is 5.71. The van der Waals surface area contributed by atoms with Crippen molar-refractivity contribution in [2.75, 3.05) is 18.9 Å². The molecule has 0 spiro atoms. The minimum Gasteiger partial charge on any atom is -0.465 e. The molecule has 88 valence electrons. The Morgan fingerprint density at radius 2 is 2.31 bits per heavy atom. The predicted molar refractivity (Wildman–Crippen MR) is 59.2 cm³/mol. The summed E-state index contributed by atoms with van der Waals surface area (Å²) in [5.41, 5.74) is 6.34. The second-order valence-electron chi connectivity index (χ2n) is 3.22. The molecule has 0 atom stereocenters. The molecule has 0 fully saturated rings. The van der Waals surface area contributed by atoms with Crippen LogP contribution in [0, 0.1) is 5.82 Å². The van der Waals surface area contributed by atoms with E-state index in [4.69, 9.17) is 10.5 Å². The minimum atomic E-state index is -0.378. The summed E-state index contributed by atoms with van der Waals surface area (Å²) in [6.45, 7) is 2.31. The maximum Gasteiger partial charge on any atom is 0.319 e. The molecule has 5 heteroatoms. The van der Waals surface area contributed by atoms with Crippen LogP contribution >= 0.6 is 0 Å². The van der Waals surface area contributed by atoms with Gasteiger partial charge in [-0.05, 0) is 19.1 Å². The van der Waals surface area contributed by atoms with Crippen molar-refractivity contribution in [1.29, 1.82) is 0 Å². The molecule has 0 saturated carbocycles. The van der Waals surface area contributed by atoms with E-state index in [0.717, 1.165) is 0 Å². The lowest BCUT2D eigenvalue weighted by Crippen LogP contribution is -2.25. The summed E-state index contributed by atoms with van der Waals surface area (Å²) in [4.78, 5) is 11.0. The zero-order valence-electron chi connectivity index (χ0n) is 9.13. The topological polar surface area (TPSA) is 64.3 Å². The molecule has 3 N–H and O–H groups in total. The molecule has 1 rings (SSSR count). The van der Waals surface area contributed by atoms with Gasteiger partial charge >= 0.3 is 5.97 Å². The number of carbonyl (C=O) groups excluding carboxylic acids is 1. The van der Waals surface area contributed by atoms with E-state index in [1.54, 1.807) is 19.1 Å². The van der Waals surface area contributed by atoms with Crippen molar-refractivity contribution < 1.29 is 13.9 Å². The van der Waals surface area contributed by atoms with Crippen LogP contribution in [0.1, 0.15) is 12.5 Å². The van der Waals surface area contributed by atoms with Crippen LogP contribution in [-0.2, 0) is 16.1 Å². The molecule has 0 aliphatic heterocycles. The summed E-state index contributed by atoms with van der Waals surface area (Å²) in [6.07, 6.45) is 0. The van der Waals surface area contributed by atoms with Crippen LogP contribution in [0.2, 0.25) is 0 Å². The van der Waals surface area contributed by atoms with Crippen molar-refractivity contribution in [3.8, 4) is 0 Å². The Morgan fingerprint density at radius 1 is 1.56 bits per heavy atom. The van der Waals surface area contributed by atoms with Gasteiger partial charge in [-0.2, -0.15) is 0 Å². The third kappa shape index (κ3) is 3.51. The molecule has 0 heterocycles. The number of esters is 1. The second kappa shape index (κ2) is 6.07. The molecule has 4 nitrogen and oxygen atoms in total. The number of ether oxygens (including phenoxy) is 1. The highest BCUT2D eigenvalue weighted by Crippen LogP contribution is 2.14. The fraction of sp³-hybridized carbons (Fsp3) is 0.364. The van der Waals surface area contributed by atoms with Gasteiger partial charge in [-0.15, -0.1) is 0 Å². The van der Waals surface area contributed by atoms with Crippen molar-refractivity contribution in [1.82, 2.24) is 5.32 Å². The lowest BCUT2D eigenvalue weighted by Gasteiger charge is -2.08. The molecule has 1 aromatic carbocycles. The summed E-state index contributed by atoms with van der Waals surface area (Å²) in [6, 6.07) is 4.49. The van der Waals surface area contributed by atoms with Gasteiger partial charge in [-0.3, -0.25) is 4.79 Å². The van der Waals surface area contributed by atoms with E-state index in [1.807, 2.05) is 0 Å². The number of hydrogen-bond acceptors (Lipinski definition) is 4. The van der Waals surface area contributed by atoms with Crippen LogP contribution in [0.5, 0.6) is 0 Å². The molecule has 0 unspecified atom stereocenters. The number of nitrogens with two attached hydrogens (primary N) is 1. The van der Waals surface area contributed by atoms with Gasteiger partial charge in [-0.25, -0.2) is 4.39 Å². The molecule has 0 aliphatic rings. The van der Waals surface area contributed by atoms with E-state index in [2.05, 4.69) is 5.32 Å². The molecule has 0 bridgehead atoms. The fourth-order valence-electron chi connectivity index (χ4n) is 1.26. The third-order valence-electron chi connectivity index (χ3n) is 2.03. The van der Waals surface area contributed by atoms with Gasteiger partial charge in [-0.1, -0.05) is 6.07 Å². The number of halogens is 1. The average Bonchev–Trinajstić information content (AvgIpc) is 2.23. The number of nitrogen functional groups attached to an aromatic ring is 1. The minimum absolute atomic E-state index is 0.0433. The lowest BCUT2D eigenvalue weighted by atomic mass is 10.1. The molecule has 0 aliphatic carbocycles. The van der Waals surface area contributed by atoms with E-state index in [0.29, 0.717) is 17.9 Å². The quantitative estimate of drug-likeness (QED) is 0.582. The summed E-state index contributed by atoms with van der Waals surface area (Å²) >= 11 is 0. The van der Waals surface area contributed by atoms with E-state index in [1.165, 1.54) is 6.07 Å². The predicted octanol–water partition coefficient (Wildman–Crippen LogP) is 1.06. The first kappa shape index (κ1) is 12.4. The van der Waals surface area contributed by atoms with Crippen LogP contribution in [0.25, 0.3) is 0 Å². The first-order valence-corrected chi connectivity index (χ1v) is 5.04. The van der Waals surface area contributed by atoms with Gasteiger partial charge in [0.2, 0.25) is 0 Å². The van der Waals surface area contributed by atoms with Crippen LogP contribution in [-0.4, -0.2) is 19.1 Å². The number of benzene rings is 1. The lowest BCUT2D eigenvalue weighted by molar-refractivity contribution is -0.142. The van der Waals surface area contributed by atoms with Gasteiger partial charge in [0.05, 0.1) is 13.2 Å². The number of anilines is 1. The Balaban J connectivity index is 2.46. The molecule has 16 heavy (non-hydrogen) atoms. The number of hydrogen-bond donors (Lipinski definition) is 2. The van der Waals surface area contributed by atoms with Crippen LogP contribution in [0.15, 0.2) is 18.2 Å². The summed E-state index contributed by atoms with van der Waals surface area (Å²) in [7, 11) is 0. The summed E-state index contributed by atoms with van der Waals surface area (Å²) in [5.74, 6) is -0.742. The van der Waals surface area contributed by atoms with Crippen molar-refractivity contribution in [2.45, 2.75) is 13.5 Å². The third-order valence-corrected chi connectivity index (χ3v) is 2.03. The van der Waals surface area contributed by atoms with Crippen molar-refractivity contribution in [3.05, 3.63) is 29.6 Å². The van der Waals surface area contributed by atoms with Gasteiger partial charge in [0.1, 0.15) is 5.82 Å². The normalized spacial score (nSPS) is 10.1. The van der Waals surface area contributed by atoms with Gasteiger partial charge in [0, 0.05) is 17.8 Å². The first-order chi connectivity index (χ1) is 7.65. The highest BCUT2D eigenvalue weighted by atomic mass is 19.1. The van der Waals surface area contributed by atoms with Crippen molar-refractivity contribution in [2.24, 2.45) is 0 Å². The largest absolute Gasteiger partial charge is 0.465 e. The van der Waals surface area contributed by atoms with Crippen LogP contribution < -0.4 is 11.1 Å². The Kier molecular flexibility index (Phi) is 4.72. The first-order valence-electron chi connectivity index (χ1n) is 5.04. The average molecular weight is 226 g/mol. The Labute approximate surface area is 93.6 Å². The summed E-state index contributed by atoms with van der Waals surface area (Å²) in [5, 5.41) is 2.77. The monoisotopic (exact) mass is 226 g/mol. The van der Waals surface area contributed by atoms with Gasteiger partial charge in [0.15, 0.2) is 0 Å². The van der Waals surface area contributed by atoms with E-state index < -0.39 is 0 Å². The maximum atomic E-state index is 13.3. The van der Waals surface area contributed by atoms with E-state index >= 15 is 0 Å². The standard InChI is InChI=1S/C11H15FN2O2/c1-2-16-11(15)7-14-6-8-9(12)4-3-5-10(8)13/h3-5,14H,2,6-7,13H2,1H3. The second-order valence-corrected chi connectivity index (χ2v) is 3.22. The summed E-state index contributed by atoms with van der Waals surface area (Å²) < 4.78 is 18.0. The smallest absolute Gasteiger partial charge is 0.319 e. The highest BCUT2D eigenvalue weighted by Gasteiger charge is 2.06. The number of nitrogens with one attached hydrogen (secondary N) is 1. The molecule has 0 aromatic heterocycles. The Morgan fingerprint density at radius 3 is 2.94 bits per heavy atom. The molecular formula is C11H15FN2O2. The molecule has 0 amide bonds. The molecule has 0 radical (unpaired) electrons. The number of rotatable bonds is 5. The van der Waals surface area contributed by atoms with Gasteiger partial charge in [0.25, 0.3) is 0 Å². The van der Waals surface area contributed by atoms with Crippen molar-refractivity contribution >= 4 is 11.7 Å². The van der Waals surface area contributed by atoms with E-state index in [-0.39, 0.29) is 24.9 Å². The number of carbonyl (C=O) groups is 1. The van der Waals surface area contributed by atoms with Gasteiger partial charge < -0.3 is 15.8 Å². The fourth-order valence-corrected chi connectivity index (χ4v) is 1.26. The van der Waals surface area contributed by atoms with Crippen LogP contribution in [0.3, 0.4) is 0 Å². The molecule has 1 aromatic rings. The zero-order chi connectivity index (χ0) is 12.0. The zero-order valence-corrected chi connectivity index (χ0v) is 9.13.